The Morgan fingerprint density at radius 1 is 0.851 bits per heavy atom. The molecule has 0 unspecified atom stereocenters. The molecule has 16 heteroatoms. The summed E-state index contributed by atoms with van der Waals surface area (Å²) in [5, 5.41) is 43.2. The maximum atomic E-state index is 15.1. The molecule has 10 aliphatic carbocycles. The zero-order valence-electron chi connectivity index (χ0n) is 51.7. The number of nitrogens with zero attached hydrogens (tertiary/aromatic N) is 3. The standard InChI is InChI=1S/C71H99N7O7S2/c1-43(79)84-66-29-19-45-32-50(60(82)61-58(45)46-20-31-70(85-61)27-7-12-51(70)33-46)40-78-42-67(37-57(78)81)52(17-18-55(67)44-10-3-2-4-11-44)39-76-64(74)77-71(28-8-24-65(71)22-5-6-23-65)87-86-41-53-16-15-47(54(21-30-66)56(80)36-66)34-68(53)25-9-26-69(68)35-48-13-14-49(38-75-63(72)73)59(48)62(69)83/h2-4,10-11,20,31-32,46-49,51-56,59,62,80,82-83H,5-9,12-19,21-30,33-42H2,1H3,(H4,72,73,75)(H3,74,76,77)/t46-,47-,48-,49+,51-,52+,53-,54+,55+,56+,59+,62-,66-,67+,68+,69+,70+,71+/m0/s1. The van der Waals surface area contributed by atoms with E-state index < -0.39 is 28.8 Å². The molecule has 14 nitrogen and oxygen atoms in total. The minimum atomic E-state index is -0.888. The van der Waals surface area contributed by atoms with E-state index in [1.807, 2.05) is 4.90 Å². The Morgan fingerprint density at radius 3 is 2.45 bits per heavy atom. The minimum absolute atomic E-state index is 0.0410. The summed E-state index contributed by atoms with van der Waals surface area (Å²) in [5.41, 5.74) is 21.4. The van der Waals surface area contributed by atoms with Crippen LogP contribution in [-0.4, -0.2) is 97.7 Å². The summed E-state index contributed by atoms with van der Waals surface area (Å²) in [5.74, 6) is 4.36. The first kappa shape index (κ1) is 59.2. The first-order valence-electron chi connectivity index (χ1n) is 34.6. The third kappa shape index (κ3) is 9.55. The van der Waals surface area contributed by atoms with Crippen LogP contribution in [-0.2, 0) is 27.3 Å². The molecule has 1 amide bonds. The van der Waals surface area contributed by atoms with Crippen LogP contribution in [0.15, 0.2) is 58.5 Å². The maximum absolute atomic E-state index is 15.1. The number of amides is 1. The number of phenols is 1. The molecule has 10 fully saturated rings. The van der Waals surface area contributed by atoms with Crippen LogP contribution in [0.3, 0.4) is 0 Å². The van der Waals surface area contributed by atoms with Crippen molar-refractivity contribution in [1.82, 2.24) is 10.2 Å². The Bertz CT molecular complexity index is 3080. The molecular weight excluding hydrogens is 1130 g/mol. The fourth-order valence-corrected chi connectivity index (χ4v) is 27.8. The van der Waals surface area contributed by atoms with Crippen LogP contribution in [0, 0.1) is 69.0 Å². The molecule has 0 aromatic heterocycles. The summed E-state index contributed by atoms with van der Waals surface area (Å²) in [7, 11) is 4.13. The molecule has 18 rings (SSSR count). The van der Waals surface area contributed by atoms with E-state index in [1.54, 1.807) is 0 Å². The summed E-state index contributed by atoms with van der Waals surface area (Å²) in [4.78, 5) is 40.3. The van der Waals surface area contributed by atoms with Gasteiger partial charge in [0.1, 0.15) is 16.1 Å². The quantitative estimate of drug-likeness (QED) is 0.0497. The van der Waals surface area contributed by atoms with Gasteiger partial charge in [-0.05, 0) is 224 Å². The number of esters is 1. The molecule has 10 bridgehead atoms. The summed E-state index contributed by atoms with van der Waals surface area (Å²) in [6, 6.07) is 13.0. The minimum Gasteiger partial charge on any atom is -0.504 e. The van der Waals surface area contributed by atoms with Crippen LogP contribution in [0.5, 0.6) is 11.5 Å². The number of benzene rings is 2. The number of ether oxygens (including phenoxy) is 2. The predicted octanol–water partition coefficient (Wildman–Crippen LogP) is 11.7. The number of allylic oxidation sites excluding steroid dienone is 1. The normalized spacial score (nSPS) is 43.6. The van der Waals surface area contributed by atoms with Crippen molar-refractivity contribution in [2.45, 2.75) is 233 Å². The monoisotopic (exact) mass is 1230 g/mol. The number of aliphatic hydroxyl groups excluding tert-OH is 2. The summed E-state index contributed by atoms with van der Waals surface area (Å²) >= 11 is 0. The Kier molecular flexibility index (Phi) is 15.2. The van der Waals surface area contributed by atoms with E-state index in [2.05, 4.69) is 80.4 Å². The van der Waals surface area contributed by atoms with Gasteiger partial charge in [-0.2, -0.15) is 0 Å². The molecule has 10 N–H and O–H groups in total. The molecule has 2 aromatic carbocycles. The topological polar surface area (TPSA) is 231 Å². The lowest BCUT2D eigenvalue weighted by Gasteiger charge is -2.58. The van der Waals surface area contributed by atoms with Crippen LogP contribution in [0.25, 0.3) is 0 Å². The molecule has 16 aliphatic rings. The maximum Gasteiger partial charge on any atom is 0.303 e. The van der Waals surface area contributed by atoms with Gasteiger partial charge in [0.05, 0.1) is 12.2 Å². The highest BCUT2D eigenvalue weighted by Crippen LogP contribution is 2.75. The van der Waals surface area contributed by atoms with Crippen molar-refractivity contribution in [3.05, 3.63) is 70.8 Å². The van der Waals surface area contributed by atoms with Gasteiger partial charge in [-0.25, -0.2) is 0 Å². The van der Waals surface area contributed by atoms with Crippen molar-refractivity contribution in [2.24, 2.45) is 96.2 Å². The van der Waals surface area contributed by atoms with Gasteiger partial charge in [0.2, 0.25) is 5.91 Å². The highest BCUT2D eigenvalue weighted by atomic mass is 33.1. The number of aliphatic imine (C=N–C) groups is 2. The van der Waals surface area contributed by atoms with Crippen molar-refractivity contribution in [3.63, 3.8) is 0 Å². The fourth-order valence-electron chi connectivity index (χ4n) is 23.9. The van der Waals surface area contributed by atoms with Crippen LogP contribution in [0.1, 0.15) is 214 Å². The van der Waals surface area contributed by atoms with Gasteiger partial charge in [-0.3, -0.25) is 19.6 Å². The van der Waals surface area contributed by atoms with Gasteiger partial charge in [0.25, 0.3) is 0 Å². The van der Waals surface area contributed by atoms with Crippen molar-refractivity contribution in [1.29, 1.82) is 0 Å². The number of hydrogen-bond acceptors (Lipinski definition) is 13. The predicted molar refractivity (Wildman–Crippen MR) is 344 cm³/mol. The molecule has 2 aromatic rings. The lowest BCUT2D eigenvalue weighted by molar-refractivity contribution is -0.173. The van der Waals surface area contributed by atoms with Gasteiger partial charge >= 0.3 is 5.97 Å². The average molecular weight is 1230 g/mol. The first-order chi connectivity index (χ1) is 42.0. The number of carbonyl (C=O) groups is 2. The van der Waals surface area contributed by atoms with E-state index in [0.29, 0.717) is 86.8 Å². The van der Waals surface area contributed by atoms with Gasteiger partial charge < -0.3 is 52.2 Å². The van der Waals surface area contributed by atoms with Gasteiger partial charge in [-0.15, -0.1) is 0 Å². The second kappa shape index (κ2) is 22.3. The van der Waals surface area contributed by atoms with Crippen LogP contribution < -0.4 is 27.3 Å². The molecule has 87 heavy (non-hydrogen) atoms. The zero-order valence-corrected chi connectivity index (χ0v) is 53.4. The molecular formula is C71H99N7O7S2. The molecule has 0 radical (unpaired) electrons. The summed E-state index contributed by atoms with van der Waals surface area (Å²) in [6.07, 6.45) is 30.4. The number of aliphatic hydroxyl groups is 2. The fraction of sp³-hybridized carbons (Fsp3) is 0.746. The number of fused-ring (bicyclic) bond motifs is 2. The van der Waals surface area contributed by atoms with E-state index >= 15 is 4.79 Å². The van der Waals surface area contributed by atoms with Gasteiger partial charge in [0, 0.05) is 90.9 Å². The number of nitrogens with one attached hydrogen (secondary N) is 1. The largest absolute Gasteiger partial charge is 0.504 e. The van der Waals surface area contributed by atoms with E-state index in [-0.39, 0.29) is 92.7 Å². The molecule has 6 aliphatic heterocycles. The smallest absolute Gasteiger partial charge is 0.303 e. The van der Waals surface area contributed by atoms with Crippen molar-refractivity contribution < 1.29 is 34.4 Å². The Labute approximate surface area is 524 Å². The Morgan fingerprint density at radius 2 is 1.63 bits per heavy atom. The highest BCUT2D eigenvalue weighted by molar-refractivity contribution is 8.77. The first-order valence-corrected chi connectivity index (χ1v) is 36.9. The zero-order chi connectivity index (χ0) is 59.7. The van der Waals surface area contributed by atoms with E-state index in [4.69, 9.17) is 31.7 Å². The average Bonchev–Trinajstić information content (AvgIpc) is 1.58. The van der Waals surface area contributed by atoms with E-state index in [9.17, 15) is 20.1 Å². The molecule has 18 atom stereocenters. The summed E-state index contributed by atoms with van der Waals surface area (Å²) in [6.45, 7) is 3.43. The molecule has 1 saturated heterocycles. The summed E-state index contributed by atoms with van der Waals surface area (Å²) < 4.78 is 13.9. The third-order valence-electron chi connectivity index (χ3n) is 27.6. The molecule has 9 saturated carbocycles. The number of hydrogen-bond donors (Lipinski definition) is 7. The number of guanidine groups is 2. The lowest BCUT2D eigenvalue weighted by atomic mass is 9.49. The van der Waals surface area contributed by atoms with Gasteiger partial charge in [0.15, 0.2) is 23.4 Å². The molecule has 472 valence electrons. The second-order valence-corrected chi connectivity index (χ2v) is 33.8. The number of rotatable bonds is 4. The lowest BCUT2D eigenvalue weighted by Crippen LogP contribution is -2.56. The SMILES string of the molecule is CC(=O)O[C@@]12CCc3cc(c(O)c4c3[C@H]3C=C[C@@]5(CCC[C@H]5C3)O4)CN3C[C@]4(CC3=O)[C@H](CC[C@@H]4c3ccccc3)CN=C(N)N[C@]3(CCCC34CCCC4)SSC[C@@H]3CC[C@@H](C[C@]34CCC[C@]43C[C@@H]4CC[C@H](CN=C(N)N)[C@@H]4[C@@H]3O)[C@@H](CC1)[C@H](O)C2. The second-order valence-electron chi connectivity index (χ2n) is 31.2. The van der Waals surface area contributed by atoms with E-state index in [0.717, 1.165) is 132 Å². The number of aromatic hydroxyl groups is 1. The van der Waals surface area contributed by atoms with Crippen LogP contribution in [0.2, 0.25) is 0 Å². The van der Waals surface area contributed by atoms with Crippen molar-refractivity contribution >= 4 is 45.4 Å². The number of nitrogens with two attached hydrogens (primary N) is 3. The van der Waals surface area contributed by atoms with Crippen molar-refractivity contribution in [3.8, 4) is 11.5 Å². The highest BCUT2D eigenvalue weighted by Gasteiger charge is 2.70. The number of phenolic OH excluding ortho intramolecular Hbond substituents is 1. The Balaban J connectivity index is 0.822. The van der Waals surface area contributed by atoms with Crippen molar-refractivity contribution in [2.75, 3.05) is 25.4 Å². The van der Waals surface area contributed by atoms with E-state index in [1.165, 1.54) is 44.6 Å². The Hall–Kier alpha value is -4.12. The van der Waals surface area contributed by atoms with Gasteiger partial charge in [-0.1, -0.05) is 77.3 Å². The number of carbonyl (C=O) groups excluding carboxylic acids is 2. The molecule has 6 heterocycles. The third-order valence-corrected chi connectivity index (χ3v) is 30.9. The van der Waals surface area contributed by atoms with Crippen LogP contribution >= 0.6 is 21.6 Å². The van der Waals surface area contributed by atoms with Crippen LogP contribution in [0.4, 0.5) is 0 Å². The molecule has 6 spiro atoms. The number of aryl methyl sites for hydroxylation is 1.